The first-order chi connectivity index (χ1) is 16.3. The highest BCUT2D eigenvalue weighted by Crippen LogP contribution is 2.29. The SMILES string of the molecule is Cc1cc(OC(C)c2nc3ccccc3n2CCCCOc2cc(C)c(Cl)c(C)c2)ccc1Cl. The smallest absolute Gasteiger partial charge is 0.153 e. The molecule has 0 saturated heterocycles. The van der Waals surface area contributed by atoms with Crippen molar-refractivity contribution in [1.29, 1.82) is 0 Å². The molecule has 3 aromatic carbocycles. The fraction of sp³-hybridized carbons (Fsp3) is 0.321. The Labute approximate surface area is 211 Å². The Morgan fingerprint density at radius 3 is 2.32 bits per heavy atom. The number of ether oxygens (including phenoxy) is 2. The third-order valence-corrected chi connectivity index (χ3v) is 6.96. The number of halogens is 2. The molecule has 1 atom stereocenters. The van der Waals surface area contributed by atoms with E-state index in [1.807, 2.05) is 76.2 Å². The second kappa shape index (κ2) is 10.7. The molecular weight excluding hydrogens is 467 g/mol. The number of aromatic nitrogens is 2. The van der Waals surface area contributed by atoms with Crippen molar-refractivity contribution < 1.29 is 9.47 Å². The van der Waals surface area contributed by atoms with Crippen LogP contribution in [0.2, 0.25) is 10.0 Å². The summed E-state index contributed by atoms with van der Waals surface area (Å²) in [6, 6.07) is 17.9. The van der Waals surface area contributed by atoms with Gasteiger partial charge in [-0.05, 0) is 99.7 Å². The first-order valence-electron chi connectivity index (χ1n) is 11.6. The van der Waals surface area contributed by atoms with Gasteiger partial charge in [-0.15, -0.1) is 0 Å². The minimum absolute atomic E-state index is 0.204. The van der Waals surface area contributed by atoms with Gasteiger partial charge in [0.2, 0.25) is 0 Å². The van der Waals surface area contributed by atoms with E-state index in [9.17, 15) is 0 Å². The van der Waals surface area contributed by atoms with E-state index in [1.165, 1.54) is 0 Å². The number of benzene rings is 3. The lowest BCUT2D eigenvalue weighted by Gasteiger charge is -2.17. The van der Waals surface area contributed by atoms with Crippen LogP contribution in [0, 0.1) is 20.8 Å². The van der Waals surface area contributed by atoms with Crippen LogP contribution in [0.5, 0.6) is 11.5 Å². The Bertz CT molecular complexity index is 1280. The van der Waals surface area contributed by atoms with E-state index < -0.39 is 0 Å². The zero-order valence-corrected chi connectivity index (χ0v) is 21.6. The Morgan fingerprint density at radius 1 is 0.882 bits per heavy atom. The summed E-state index contributed by atoms with van der Waals surface area (Å²) >= 11 is 12.4. The van der Waals surface area contributed by atoms with Gasteiger partial charge in [0, 0.05) is 16.6 Å². The fourth-order valence-corrected chi connectivity index (χ4v) is 4.36. The van der Waals surface area contributed by atoms with E-state index in [1.54, 1.807) is 0 Å². The predicted octanol–water partition coefficient (Wildman–Crippen LogP) is 8.27. The molecule has 0 N–H and O–H groups in total. The summed E-state index contributed by atoms with van der Waals surface area (Å²) in [5, 5.41) is 1.54. The van der Waals surface area contributed by atoms with Gasteiger partial charge >= 0.3 is 0 Å². The van der Waals surface area contributed by atoms with Crippen LogP contribution in [0.4, 0.5) is 0 Å². The van der Waals surface area contributed by atoms with Gasteiger partial charge in [-0.3, -0.25) is 0 Å². The van der Waals surface area contributed by atoms with Crippen molar-refractivity contribution in [3.8, 4) is 11.5 Å². The molecule has 4 rings (SSSR count). The second-order valence-corrected chi connectivity index (χ2v) is 9.49. The molecule has 0 aliphatic heterocycles. The van der Waals surface area contributed by atoms with Crippen LogP contribution in [0.15, 0.2) is 54.6 Å². The normalized spacial score (nSPS) is 12.2. The number of nitrogens with zero attached hydrogens (tertiary/aromatic N) is 2. The van der Waals surface area contributed by atoms with Gasteiger partial charge in [-0.25, -0.2) is 4.98 Å². The van der Waals surface area contributed by atoms with Crippen molar-refractivity contribution in [3.63, 3.8) is 0 Å². The second-order valence-electron chi connectivity index (χ2n) is 8.71. The quantitative estimate of drug-likeness (QED) is 0.218. The molecule has 0 aliphatic rings. The van der Waals surface area contributed by atoms with Crippen molar-refractivity contribution in [1.82, 2.24) is 9.55 Å². The maximum Gasteiger partial charge on any atom is 0.153 e. The summed E-state index contributed by atoms with van der Waals surface area (Å²) in [5.74, 6) is 2.57. The van der Waals surface area contributed by atoms with Crippen molar-refractivity contribution in [2.45, 2.75) is 53.2 Å². The van der Waals surface area contributed by atoms with Crippen LogP contribution in [0.25, 0.3) is 11.0 Å². The molecule has 0 saturated carbocycles. The number of hydrogen-bond acceptors (Lipinski definition) is 3. The molecule has 4 aromatic rings. The molecule has 1 unspecified atom stereocenters. The molecule has 6 heteroatoms. The van der Waals surface area contributed by atoms with Crippen molar-refractivity contribution in [3.05, 3.63) is 87.2 Å². The van der Waals surface area contributed by atoms with Crippen LogP contribution < -0.4 is 9.47 Å². The maximum atomic E-state index is 6.26. The van der Waals surface area contributed by atoms with Crippen molar-refractivity contribution in [2.75, 3.05) is 6.61 Å². The zero-order valence-electron chi connectivity index (χ0n) is 20.1. The highest BCUT2D eigenvalue weighted by molar-refractivity contribution is 6.32. The largest absolute Gasteiger partial charge is 0.494 e. The minimum atomic E-state index is -0.204. The monoisotopic (exact) mass is 496 g/mol. The number of rotatable bonds is 9. The van der Waals surface area contributed by atoms with E-state index in [0.29, 0.717) is 6.61 Å². The van der Waals surface area contributed by atoms with Crippen LogP contribution in [-0.2, 0) is 6.54 Å². The molecule has 178 valence electrons. The Balaban J connectivity index is 1.43. The summed E-state index contributed by atoms with van der Waals surface area (Å²) < 4.78 is 14.5. The number of para-hydroxylation sites is 2. The summed E-state index contributed by atoms with van der Waals surface area (Å²) in [7, 11) is 0. The molecule has 0 fully saturated rings. The molecule has 1 aromatic heterocycles. The highest BCUT2D eigenvalue weighted by Gasteiger charge is 2.18. The van der Waals surface area contributed by atoms with Gasteiger partial charge in [0.1, 0.15) is 11.5 Å². The van der Waals surface area contributed by atoms with E-state index in [4.69, 9.17) is 37.7 Å². The van der Waals surface area contributed by atoms with Gasteiger partial charge < -0.3 is 14.0 Å². The molecule has 0 radical (unpaired) electrons. The third kappa shape index (κ3) is 5.51. The third-order valence-electron chi connectivity index (χ3n) is 5.94. The summed E-state index contributed by atoms with van der Waals surface area (Å²) in [5.41, 5.74) is 5.16. The molecule has 0 aliphatic carbocycles. The van der Waals surface area contributed by atoms with Crippen LogP contribution in [0.1, 0.15) is 48.4 Å². The van der Waals surface area contributed by atoms with Gasteiger partial charge in [0.15, 0.2) is 11.9 Å². The first-order valence-corrected chi connectivity index (χ1v) is 12.4. The van der Waals surface area contributed by atoms with E-state index in [2.05, 4.69) is 10.6 Å². The van der Waals surface area contributed by atoms with E-state index in [-0.39, 0.29) is 6.10 Å². The molecule has 1 heterocycles. The standard InChI is InChI=1S/C28H30Cl2N2O2/c1-18-15-22(11-12-24(18)29)34-21(4)28-31-25-9-5-6-10-26(25)32(28)13-7-8-14-33-23-16-19(2)27(30)20(3)17-23/h5-6,9-12,15-17,21H,7-8,13-14H2,1-4H3. The number of aryl methyl sites for hydroxylation is 4. The topological polar surface area (TPSA) is 36.3 Å². The Kier molecular flexibility index (Phi) is 7.70. The minimum Gasteiger partial charge on any atom is -0.494 e. The number of imidazole rings is 1. The lowest BCUT2D eigenvalue weighted by atomic mass is 10.1. The zero-order chi connectivity index (χ0) is 24.2. The number of hydrogen-bond donors (Lipinski definition) is 0. The Morgan fingerprint density at radius 2 is 1.59 bits per heavy atom. The van der Waals surface area contributed by atoms with Gasteiger partial charge in [0.05, 0.1) is 17.6 Å². The predicted molar refractivity (Wildman–Crippen MR) is 141 cm³/mol. The molecule has 4 nitrogen and oxygen atoms in total. The molecule has 0 spiro atoms. The van der Waals surface area contributed by atoms with Gasteiger partial charge in [-0.1, -0.05) is 35.3 Å². The summed E-state index contributed by atoms with van der Waals surface area (Å²) in [6.07, 6.45) is 1.69. The number of fused-ring (bicyclic) bond motifs is 1. The molecule has 0 amide bonds. The van der Waals surface area contributed by atoms with Crippen molar-refractivity contribution >= 4 is 34.2 Å². The molecular formula is C28H30Cl2N2O2. The molecule has 34 heavy (non-hydrogen) atoms. The summed E-state index contributed by atoms with van der Waals surface area (Å²) in [6.45, 7) is 9.51. The Hall–Kier alpha value is -2.69. The van der Waals surface area contributed by atoms with Gasteiger partial charge in [0.25, 0.3) is 0 Å². The van der Waals surface area contributed by atoms with Crippen molar-refractivity contribution in [2.24, 2.45) is 0 Å². The van der Waals surface area contributed by atoms with Crippen LogP contribution >= 0.6 is 23.2 Å². The maximum absolute atomic E-state index is 6.26. The van der Waals surface area contributed by atoms with Crippen LogP contribution in [-0.4, -0.2) is 16.2 Å². The fourth-order valence-electron chi connectivity index (χ4n) is 4.14. The van der Waals surface area contributed by atoms with Gasteiger partial charge in [-0.2, -0.15) is 0 Å². The average molecular weight is 497 g/mol. The average Bonchev–Trinajstić information content (AvgIpc) is 3.18. The number of unbranched alkanes of at least 4 members (excludes halogenated alkanes) is 1. The first kappa shape index (κ1) is 24.4. The van der Waals surface area contributed by atoms with Crippen LogP contribution in [0.3, 0.4) is 0 Å². The van der Waals surface area contributed by atoms with E-state index in [0.717, 1.165) is 74.5 Å². The lowest BCUT2D eigenvalue weighted by molar-refractivity contribution is 0.210. The molecule has 0 bridgehead atoms. The lowest BCUT2D eigenvalue weighted by Crippen LogP contribution is -2.13. The van der Waals surface area contributed by atoms with E-state index >= 15 is 0 Å². The highest BCUT2D eigenvalue weighted by atomic mass is 35.5. The summed E-state index contributed by atoms with van der Waals surface area (Å²) in [4.78, 5) is 4.89.